The summed E-state index contributed by atoms with van der Waals surface area (Å²) in [6.07, 6.45) is 72.0. The predicted octanol–water partition coefficient (Wildman–Crippen LogP) is 19.4. The summed E-state index contributed by atoms with van der Waals surface area (Å²) in [5.74, 6) is -0.0245. The molecule has 0 aliphatic heterocycles. The molecule has 6 heteroatoms. The summed E-state index contributed by atoms with van der Waals surface area (Å²) in [5, 5.41) is 23.1. The molecule has 3 N–H and O–H groups in total. The van der Waals surface area contributed by atoms with Crippen molar-refractivity contribution in [3.8, 4) is 0 Å². The lowest BCUT2D eigenvalue weighted by molar-refractivity contribution is -0.143. The Kier molecular flexibility index (Phi) is 57.5. The Hall–Kier alpha value is -1.66. The Morgan fingerprint density at radius 2 is 0.725 bits per heavy atom. The van der Waals surface area contributed by atoms with Crippen LogP contribution in [0.3, 0.4) is 0 Å². The van der Waals surface area contributed by atoms with Crippen LogP contribution in [-0.4, -0.2) is 47.4 Å². The summed E-state index contributed by atoms with van der Waals surface area (Å²) in [7, 11) is 0. The van der Waals surface area contributed by atoms with Crippen molar-refractivity contribution in [3.63, 3.8) is 0 Å². The summed E-state index contributed by atoms with van der Waals surface area (Å²) in [4.78, 5) is 24.5. The van der Waals surface area contributed by atoms with E-state index in [9.17, 15) is 19.8 Å². The molecule has 0 aromatic heterocycles. The van der Waals surface area contributed by atoms with Crippen LogP contribution in [0.2, 0.25) is 0 Å². The molecule has 0 rings (SSSR count). The Morgan fingerprint density at radius 3 is 1.13 bits per heavy atom. The molecule has 0 aromatic carbocycles. The first-order valence-corrected chi connectivity index (χ1v) is 31.1. The summed E-state index contributed by atoms with van der Waals surface area (Å²) in [6, 6.07) is -0.537. The molecule has 2 unspecified atom stereocenters. The number of allylic oxidation sites excluding steroid dienone is 4. The number of nitrogens with one attached hydrogen (secondary N) is 1. The molecule has 0 radical (unpaired) electrons. The molecule has 408 valence electrons. The molecule has 0 aromatic rings. The molecule has 0 saturated heterocycles. The number of unbranched alkanes of at least 4 members (excludes halogenated alkanes) is 43. The highest BCUT2D eigenvalue weighted by molar-refractivity contribution is 5.76. The van der Waals surface area contributed by atoms with Crippen LogP contribution in [0.5, 0.6) is 0 Å². The van der Waals surface area contributed by atoms with Gasteiger partial charge in [-0.3, -0.25) is 9.59 Å². The molecule has 0 spiro atoms. The van der Waals surface area contributed by atoms with E-state index in [2.05, 4.69) is 43.5 Å². The van der Waals surface area contributed by atoms with Crippen molar-refractivity contribution < 1.29 is 24.5 Å². The van der Waals surface area contributed by atoms with Gasteiger partial charge in [0.1, 0.15) is 0 Å². The third-order valence-corrected chi connectivity index (χ3v) is 14.5. The molecule has 0 heterocycles. The minimum absolute atomic E-state index is 0.00965. The van der Waals surface area contributed by atoms with Crippen molar-refractivity contribution in [1.29, 1.82) is 0 Å². The first-order valence-electron chi connectivity index (χ1n) is 31.1. The number of aliphatic hydroxyl groups is 2. The third-order valence-electron chi connectivity index (χ3n) is 14.5. The van der Waals surface area contributed by atoms with Crippen molar-refractivity contribution in [1.82, 2.24) is 5.32 Å². The monoisotopic (exact) mass is 972 g/mol. The predicted molar refractivity (Wildman–Crippen MR) is 301 cm³/mol. The van der Waals surface area contributed by atoms with Crippen LogP contribution in [0.1, 0.15) is 341 Å². The van der Waals surface area contributed by atoms with Crippen molar-refractivity contribution >= 4 is 11.9 Å². The van der Waals surface area contributed by atoms with E-state index in [-0.39, 0.29) is 18.5 Å². The average Bonchev–Trinajstić information content (AvgIpc) is 3.35. The number of aliphatic hydroxyl groups excluding tert-OH is 2. The lowest BCUT2D eigenvalue weighted by atomic mass is 10.0. The van der Waals surface area contributed by atoms with E-state index in [1.165, 1.54) is 257 Å². The van der Waals surface area contributed by atoms with Gasteiger partial charge in [-0.25, -0.2) is 0 Å². The van der Waals surface area contributed by atoms with E-state index >= 15 is 0 Å². The zero-order chi connectivity index (χ0) is 50.0. The summed E-state index contributed by atoms with van der Waals surface area (Å²) in [5.41, 5.74) is 0. The first kappa shape index (κ1) is 67.3. The number of amides is 1. The topological polar surface area (TPSA) is 95.9 Å². The first-order chi connectivity index (χ1) is 34.0. The van der Waals surface area contributed by atoms with Crippen LogP contribution >= 0.6 is 0 Å². The van der Waals surface area contributed by atoms with Gasteiger partial charge in [-0.2, -0.15) is 0 Å². The lowest BCUT2D eigenvalue weighted by Gasteiger charge is -2.22. The van der Waals surface area contributed by atoms with Gasteiger partial charge < -0.3 is 20.3 Å². The fraction of sp³-hybridized carbons (Fsp3) is 0.905. The van der Waals surface area contributed by atoms with Crippen molar-refractivity contribution in [2.75, 3.05) is 13.2 Å². The third kappa shape index (κ3) is 55.5. The molecule has 0 bridgehead atoms. The second-order valence-electron chi connectivity index (χ2n) is 21.4. The van der Waals surface area contributed by atoms with Crippen LogP contribution in [0, 0.1) is 0 Å². The van der Waals surface area contributed by atoms with E-state index < -0.39 is 12.1 Å². The van der Waals surface area contributed by atoms with Gasteiger partial charge in [-0.05, 0) is 57.8 Å². The number of carbonyl (C=O) groups excluding carboxylic acids is 2. The van der Waals surface area contributed by atoms with Crippen molar-refractivity contribution in [2.24, 2.45) is 0 Å². The van der Waals surface area contributed by atoms with Crippen LogP contribution in [0.15, 0.2) is 24.3 Å². The fourth-order valence-corrected chi connectivity index (χ4v) is 9.73. The number of ether oxygens (including phenoxy) is 1. The highest BCUT2D eigenvalue weighted by Gasteiger charge is 2.20. The van der Waals surface area contributed by atoms with Gasteiger partial charge >= 0.3 is 5.97 Å². The van der Waals surface area contributed by atoms with Crippen LogP contribution in [-0.2, 0) is 14.3 Å². The van der Waals surface area contributed by atoms with Crippen molar-refractivity contribution in [3.05, 3.63) is 24.3 Å². The highest BCUT2D eigenvalue weighted by atomic mass is 16.5. The molecule has 6 nitrogen and oxygen atoms in total. The number of carbonyl (C=O) groups is 2. The van der Waals surface area contributed by atoms with E-state index in [1.54, 1.807) is 0 Å². The standard InChI is InChI=1S/C63H121NO5/c1-3-5-7-9-11-13-14-15-16-27-31-34-37-41-45-49-53-57-63(68)69-58-54-50-46-42-38-35-32-29-26-24-22-20-18-17-19-21-23-25-28-30-33-36-40-44-48-52-56-62(67)64-60(59-65)61(66)55-51-47-43-39-12-10-8-6-4-2/h11,13,15-16,60-61,65-66H,3-10,12,14,17-59H2,1-2H3,(H,64,67)/b13-11-,16-15-. The number of hydrogen-bond acceptors (Lipinski definition) is 5. The van der Waals surface area contributed by atoms with E-state index in [4.69, 9.17) is 4.74 Å². The van der Waals surface area contributed by atoms with Gasteiger partial charge in [0.2, 0.25) is 5.91 Å². The number of hydrogen-bond donors (Lipinski definition) is 3. The Labute approximate surface area is 431 Å². The van der Waals surface area contributed by atoms with E-state index in [1.807, 2.05) is 0 Å². The van der Waals surface area contributed by atoms with Gasteiger partial charge in [-0.1, -0.05) is 295 Å². The normalized spacial score (nSPS) is 12.7. The maximum Gasteiger partial charge on any atom is 0.305 e. The minimum atomic E-state index is -0.660. The quantitative estimate of drug-likeness (QED) is 0.0321. The maximum absolute atomic E-state index is 12.4. The van der Waals surface area contributed by atoms with Crippen LogP contribution in [0.4, 0.5) is 0 Å². The summed E-state index contributed by atoms with van der Waals surface area (Å²) >= 11 is 0. The average molecular weight is 973 g/mol. The van der Waals surface area contributed by atoms with Gasteiger partial charge in [0, 0.05) is 12.8 Å². The Bertz CT molecular complexity index is 1080. The second kappa shape index (κ2) is 58.9. The Morgan fingerprint density at radius 1 is 0.406 bits per heavy atom. The van der Waals surface area contributed by atoms with Gasteiger partial charge in [0.05, 0.1) is 25.4 Å². The van der Waals surface area contributed by atoms with Crippen molar-refractivity contribution in [2.45, 2.75) is 353 Å². The maximum atomic E-state index is 12.4. The lowest BCUT2D eigenvalue weighted by Crippen LogP contribution is -2.45. The van der Waals surface area contributed by atoms with Gasteiger partial charge in [0.15, 0.2) is 0 Å². The highest BCUT2D eigenvalue weighted by Crippen LogP contribution is 2.18. The smallest absolute Gasteiger partial charge is 0.305 e. The Balaban J connectivity index is 3.32. The van der Waals surface area contributed by atoms with E-state index in [0.717, 1.165) is 51.4 Å². The summed E-state index contributed by atoms with van der Waals surface area (Å²) < 4.78 is 5.49. The molecule has 1 amide bonds. The molecular formula is C63H121NO5. The van der Waals surface area contributed by atoms with Gasteiger partial charge in [-0.15, -0.1) is 0 Å². The second-order valence-corrected chi connectivity index (χ2v) is 21.4. The fourth-order valence-electron chi connectivity index (χ4n) is 9.73. The molecular weight excluding hydrogens is 851 g/mol. The molecule has 0 saturated carbocycles. The zero-order valence-electron chi connectivity index (χ0n) is 46.6. The SMILES string of the molecule is CCCCC/C=C\C/C=C\CCCCCCCCCC(=O)OCCCCCCCCCCCCCCCCCCCCCCCCCCCCC(=O)NC(CO)C(O)CCCCCCCCCCC. The molecule has 0 aliphatic rings. The van der Waals surface area contributed by atoms with Crippen LogP contribution in [0.25, 0.3) is 0 Å². The van der Waals surface area contributed by atoms with E-state index in [0.29, 0.717) is 25.9 Å². The molecule has 0 fully saturated rings. The minimum Gasteiger partial charge on any atom is -0.466 e. The number of esters is 1. The van der Waals surface area contributed by atoms with Gasteiger partial charge in [0.25, 0.3) is 0 Å². The van der Waals surface area contributed by atoms with Crippen LogP contribution < -0.4 is 5.32 Å². The largest absolute Gasteiger partial charge is 0.466 e. The number of rotatable bonds is 58. The summed E-state index contributed by atoms with van der Waals surface area (Å²) in [6.45, 7) is 4.92. The molecule has 2 atom stereocenters. The zero-order valence-corrected chi connectivity index (χ0v) is 46.6. The molecule has 69 heavy (non-hydrogen) atoms. The molecule has 0 aliphatic carbocycles.